The Balaban J connectivity index is 1.35. The summed E-state index contributed by atoms with van der Waals surface area (Å²) in [6.45, 7) is 7.23. The molecule has 4 rings (SSSR count). The Bertz CT molecular complexity index is 732. The summed E-state index contributed by atoms with van der Waals surface area (Å²) in [7, 11) is 0. The minimum Gasteiger partial charge on any atom is -0.341 e. The van der Waals surface area contributed by atoms with Crippen LogP contribution in [0, 0.1) is 11.3 Å². The lowest BCUT2D eigenvalue weighted by molar-refractivity contribution is -0.144. The van der Waals surface area contributed by atoms with Crippen molar-refractivity contribution in [2.75, 3.05) is 19.6 Å². The van der Waals surface area contributed by atoms with Crippen LogP contribution in [0.5, 0.6) is 0 Å². The maximum atomic E-state index is 13.1. The van der Waals surface area contributed by atoms with Gasteiger partial charge in [0.1, 0.15) is 6.04 Å². The first-order valence-corrected chi connectivity index (χ1v) is 11.0. The number of hydrogen-bond donors (Lipinski definition) is 2. The summed E-state index contributed by atoms with van der Waals surface area (Å²) in [5.74, 6) is 0.734. The standard InChI is InChI=1S/C22H33N5O2/c1-3-18-16(2)20(25-24-18)21(29)26-12-9-22(10-13-26)8-7-19(28)27(15-22)14-17-6-4-5-11-23-17/h4-6,11,16,18,20,24-25H,3,7-10,12-15H2,1-2H3. The molecule has 1 aromatic rings. The van der Waals surface area contributed by atoms with E-state index in [1.54, 1.807) is 6.20 Å². The van der Waals surface area contributed by atoms with Gasteiger partial charge in [-0.25, -0.2) is 5.43 Å². The molecule has 4 heterocycles. The highest BCUT2D eigenvalue weighted by molar-refractivity contribution is 5.82. The largest absolute Gasteiger partial charge is 0.341 e. The third kappa shape index (κ3) is 4.16. The van der Waals surface area contributed by atoms with Crippen molar-refractivity contribution in [1.82, 2.24) is 25.6 Å². The van der Waals surface area contributed by atoms with Gasteiger partial charge in [-0.3, -0.25) is 20.0 Å². The van der Waals surface area contributed by atoms with E-state index < -0.39 is 0 Å². The van der Waals surface area contributed by atoms with E-state index in [2.05, 4.69) is 29.7 Å². The summed E-state index contributed by atoms with van der Waals surface area (Å²) >= 11 is 0. The van der Waals surface area contributed by atoms with Crippen LogP contribution in [0.1, 0.15) is 51.6 Å². The molecule has 1 aromatic heterocycles. The number of piperidine rings is 2. The first-order chi connectivity index (χ1) is 14.0. The molecule has 29 heavy (non-hydrogen) atoms. The van der Waals surface area contributed by atoms with Gasteiger partial charge in [-0.15, -0.1) is 0 Å². The van der Waals surface area contributed by atoms with Gasteiger partial charge in [0.05, 0.1) is 12.2 Å². The average Bonchev–Trinajstić information content (AvgIpc) is 3.12. The summed E-state index contributed by atoms with van der Waals surface area (Å²) in [6, 6.07) is 6.05. The lowest BCUT2D eigenvalue weighted by Crippen LogP contribution is -2.55. The molecule has 7 heteroatoms. The van der Waals surface area contributed by atoms with Gasteiger partial charge in [-0.1, -0.05) is 19.9 Å². The van der Waals surface area contributed by atoms with Gasteiger partial charge >= 0.3 is 0 Å². The molecular formula is C22H33N5O2. The molecule has 3 atom stereocenters. The van der Waals surface area contributed by atoms with Gasteiger partial charge in [0.2, 0.25) is 11.8 Å². The average molecular weight is 400 g/mol. The van der Waals surface area contributed by atoms with Gasteiger partial charge < -0.3 is 9.80 Å². The van der Waals surface area contributed by atoms with Crippen LogP contribution >= 0.6 is 0 Å². The number of amides is 2. The number of pyridine rings is 1. The fourth-order valence-corrected chi connectivity index (χ4v) is 5.19. The van der Waals surface area contributed by atoms with Crippen LogP contribution < -0.4 is 10.9 Å². The van der Waals surface area contributed by atoms with E-state index in [9.17, 15) is 9.59 Å². The van der Waals surface area contributed by atoms with Gasteiger partial charge in [-0.05, 0) is 49.1 Å². The Morgan fingerprint density at radius 3 is 2.69 bits per heavy atom. The Hall–Kier alpha value is -1.99. The molecule has 3 fully saturated rings. The Morgan fingerprint density at radius 1 is 1.24 bits per heavy atom. The molecule has 158 valence electrons. The number of hydrogen-bond acceptors (Lipinski definition) is 5. The molecule has 3 aliphatic rings. The van der Waals surface area contributed by atoms with Gasteiger partial charge in [0.15, 0.2) is 0 Å². The third-order valence-corrected chi connectivity index (χ3v) is 7.25. The van der Waals surface area contributed by atoms with Crippen molar-refractivity contribution in [3.05, 3.63) is 30.1 Å². The number of nitrogens with zero attached hydrogens (tertiary/aromatic N) is 3. The van der Waals surface area contributed by atoms with Crippen LogP contribution in [0.4, 0.5) is 0 Å². The molecule has 7 nitrogen and oxygen atoms in total. The van der Waals surface area contributed by atoms with Crippen LogP contribution in [0.25, 0.3) is 0 Å². The lowest BCUT2D eigenvalue weighted by atomic mass is 9.72. The lowest BCUT2D eigenvalue weighted by Gasteiger charge is -2.47. The van der Waals surface area contributed by atoms with Crippen LogP contribution in [0.3, 0.4) is 0 Å². The molecule has 0 aliphatic carbocycles. The SMILES string of the molecule is CCC1NNC(C(=O)N2CCC3(CCC(=O)N(Cc4ccccn4)C3)CC2)C1C. The smallest absolute Gasteiger partial charge is 0.241 e. The molecule has 0 saturated carbocycles. The molecule has 3 aliphatic heterocycles. The van der Waals surface area contributed by atoms with Crippen molar-refractivity contribution in [3.63, 3.8) is 0 Å². The quantitative estimate of drug-likeness (QED) is 0.806. The van der Waals surface area contributed by atoms with Crippen LogP contribution in [-0.4, -0.2) is 58.3 Å². The second-order valence-corrected chi connectivity index (χ2v) is 9.04. The van der Waals surface area contributed by atoms with Crippen LogP contribution in [-0.2, 0) is 16.1 Å². The van der Waals surface area contributed by atoms with Crippen molar-refractivity contribution in [2.24, 2.45) is 11.3 Å². The van der Waals surface area contributed by atoms with Gasteiger partial charge in [-0.2, -0.15) is 0 Å². The van der Waals surface area contributed by atoms with Crippen molar-refractivity contribution in [2.45, 2.75) is 64.6 Å². The third-order valence-electron chi connectivity index (χ3n) is 7.25. The predicted molar refractivity (Wildman–Crippen MR) is 110 cm³/mol. The molecule has 3 saturated heterocycles. The topological polar surface area (TPSA) is 77.6 Å². The van der Waals surface area contributed by atoms with E-state index in [0.29, 0.717) is 24.9 Å². The van der Waals surface area contributed by atoms with E-state index >= 15 is 0 Å². The molecule has 2 amide bonds. The van der Waals surface area contributed by atoms with Crippen molar-refractivity contribution >= 4 is 11.8 Å². The van der Waals surface area contributed by atoms with Gasteiger partial charge in [0.25, 0.3) is 0 Å². The van der Waals surface area contributed by atoms with E-state index in [-0.39, 0.29) is 23.3 Å². The number of likely N-dealkylation sites (tertiary alicyclic amines) is 2. The first-order valence-electron chi connectivity index (χ1n) is 11.0. The minimum absolute atomic E-state index is 0.136. The second kappa shape index (κ2) is 8.40. The molecular weight excluding hydrogens is 366 g/mol. The van der Waals surface area contributed by atoms with Crippen molar-refractivity contribution < 1.29 is 9.59 Å². The van der Waals surface area contributed by atoms with E-state index in [1.165, 1.54) is 0 Å². The van der Waals surface area contributed by atoms with Crippen LogP contribution in [0.15, 0.2) is 24.4 Å². The number of nitrogens with one attached hydrogen (secondary N) is 2. The maximum absolute atomic E-state index is 13.1. The predicted octanol–water partition coefficient (Wildman–Crippen LogP) is 1.70. The second-order valence-electron chi connectivity index (χ2n) is 9.04. The molecule has 3 unspecified atom stereocenters. The highest BCUT2D eigenvalue weighted by Gasteiger charge is 2.44. The summed E-state index contributed by atoms with van der Waals surface area (Å²) in [5, 5.41) is 0. The van der Waals surface area contributed by atoms with Gasteiger partial charge in [0, 0.05) is 38.3 Å². The normalized spacial score (nSPS) is 29.4. The number of rotatable bonds is 4. The molecule has 0 radical (unpaired) electrons. The maximum Gasteiger partial charge on any atom is 0.241 e. The zero-order valence-corrected chi connectivity index (χ0v) is 17.6. The molecule has 0 aromatic carbocycles. The highest BCUT2D eigenvalue weighted by atomic mass is 16.2. The Labute approximate surface area is 173 Å². The monoisotopic (exact) mass is 399 g/mol. The fourth-order valence-electron chi connectivity index (χ4n) is 5.19. The zero-order valence-electron chi connectivity index (χ0n) is 17.6. The van der Waals surface area contributed by atoms with Crippen LogP contribution in [0.2, 0.25) is 0 Å². The molecule has 2 N–H and O–H groups in total. The number of carbonyl (C=O) groups excluding carboxylic acids is 2. The number of aromatic nitrogens is 1. The zero-order chi connectivity index (χ0) is 20.4. The minimum atomic E-state index is -0.136. The summed E-state index contributed by atoms with van der Waals surface area (Å²) < 4.78 is 0. The van der Waals surface area contributed by atoms with E-state index in [4.69, 9.17) is 0 Å². The summed E-state index contributed by atoms with van der Waals surface area (Å²) in [6.07, 6.45) is 6.27. The number of carbonyl (C=O) groups is 2. The van der Waals surface area contributed by atoms with E-state index in [0.717, 1.165) is 51.0 Å². The van der Waals surface area contributed by atoms with E-state index in [1.807, 2.05) is 28.0 Å². The molecule has 1 spiro atoms. The summed E-state index contributed by atoms with van der Waals surface area (Å²) in [5.41, 5.74) is 7.56. The fraction of sp³-hybridized carbons (Fsp3) is 0.682. The molecule has 0 bridgehead atoms. The Kier molecular flexibility index (Phi) is 5.88. The van der Waals surface area contributed by atoms with Crippen molar-refractivity contribution in [1.29, 1.82) is 0 Å². The first kappa shape index (κ1) is 20.3. The summed E-state index contributed by atoms with van der Waals surface area (Å²) in [4.78, 5) is 33.9. The Morgan fingerprint density at radius 2 is 2.03 bits per heavy atom. The number of hydrazine groups is 1. The highest BCUT2D eigenvalue weighted by Crippen LogP contribution is 2.41. The van der Waals surface area contributed by atoms with Crippen molar-refractivity contribution in [3.8, 4) is 0 Å².